The van der Waals surface area contributed by atoms with Gasteiger partial charge in [-0.05, 0) is 15.9 Å². The molecule has 7 heteroatoms. The van der Waals surface area contributed by atoms with E-state index in [1.54, 1.807) is 0 Å². The minimum atomic E-state index is -4.75. The van der Waals surface area contributed by atoms with Gasteiger partial charge in [0, 0.05) is 12.4 Å². The summed E-state index contributed by atoms with van der Waals surface area (Å²) in [6.07, 6.45) is 2.34. The molecule has 0 N–H and O–H groups in total. The Morgan fingerprint density at radius 2 is 1.91 bits per heavy atom. The Balaban J connectivity index is 3.37. The van der Waals surface area contributed by atoms with Gasteiger partial charge < -0.3 is 0 Å². The third-order valence-electron chi connectivity index (χ3n) is 0.854. The van der Waals surface area contributed by atoms with Crippen LogP contribution in [0.4, 0.5) is 3.89 Å². The second-order valence-electron chi connectivity index (χ2n) is 1.59. The van der Waals surface area contributed by atoms with E-state index in [0.29, 0.717) is 0 Å². The van der Waals surface area contributed by atoms with Crippen molar-refractivity contribution in [2.24, 2.45) is 0 Å². The average molecular weight is 241 g/mol. The zero-order chi connectivity index (χ0) is 8.48. The first-order chi connectivity index (χ1) is 5.02. The number of halogens is 2. The van der Waals surface area contributed by atoms with Gasteiger partial charge in [0.2, 0.25) is 5.03 Å². The van der Waals surface area contributed by atoms with Gasteiger partial charge in [0.15, 0.2) is 0 Å². The largest absolute Gasteiger partial charge is 0.352 e. The van der Waals surface area contributed by atoms with E-state index in [0.717, 1.165) is 6.20 Å². The molecule has 0 saturated heterocycles. The zero-order valence-electron chi connectivity index (χ0n) is 5.03. The van der Waals surface area contributed by atoms with Gasteiger partial charge in [-0.25, -0.2) is 9.97 Å². The summed E-state index contributed by atoms with van der Waals surface area (Å²) in [5, 5.41) is -0.694. The van der Waals surface area contributed by atoms with Crippen molar-refractivity contribution in [3.63, 3.8) is 0 Å². The fraction of sp³-hybridized carbons (Fsp3) is 0. The van der Waals surface area contributed by atoms with Crippen LogP contribution in [0.2, 0.25) is 0 Å². The van der Waals surface area contributed by atoms with Crippen molar-refractivity contribution < 1.29 is 12.3 Å². The van der Waals surface area contributed by atoms with E-state index in [2.05, 4.69) is 25.9 Å². The lowest BCUT2D eigenvalue weighted by Gasteiger charge is -1.93. The molecule has 1 rings (SSSR count). The highest BCUT2D eigenvalue weighted by molar-refractivity contribution is 9.10. The van der Waals surface area contributed by atoms with E-state index >= 15 is 0 Å². The van der Waals surface area contributed by atoms with Crippen LogP contribution in [-0.2, 0) is 10.2 Å². The lowest BCUT2D eigenvalue weighted by Crippen LogP contribution is -1.98. The van der Waals surface area contributed by atoms with Gasteiger partial charge in [0.1, 0.15) is 4.60 Å². The van der Waals surface area contributed by atoms with E-state index in [4.69, 9.17) is 0 Å². The van der Waals surface area contributed by atoms with Crippen LogP contribution in [-0.4, -0.2) is 18.4 Å². The molecule has 11 heavy (non-hydrogen) atoms. The Kier molecular flexibility index (Phi) is 2.19. The van der Waals surface area contributed by atoms with Crippen LogP contribution in [0.3, 0.4) is 0 Å². The monoisotopic (exact) mass is 240 g/mol. The molecule has 1 heterocycles. The second-order valence-corrected chi connectivity index (χ2v) is 3.60. The van der Waals surface area contributed by atoms with E-state index in [1.807, 2.05) is 0 Å². The third-order valence-corrected chi connectivity index (χ3v) is 2.46. The highest BCUT2D eigenvalue weighted by Gasteiger charge is 2.17. The summed E-state index contributed by atoms with van der Waals surface area (Å²) in [4.78, 5) is 6.76. The minimum absolute atomic E-state index is 0.123. The van der Waals surface area contributed by atoms with Crippen LogP contribution < -0.4 is 0 Å². The first-order valence-corrected chi connectivity index (χ1v) is 4.60. The number of aromatic nitrogens is 2. The molecule has 0 fully saturated rings. The van der Waals surface area contributed by atoms with Crippen LogP contribution in [0.5, 0.6) is 0 Å². The molecule has 0 bridgehead atoms. The van der Waals surface area contributed by atoms with Crippen LogP contribution in [0, 0.1) is 0 Å². The highest BCUT2D eigenvalue weighted by Crippen LogP contribution is 2.17. The molecular formula is C4H2BrFN2O2S. The predicted molar refractivity (Wildman–Crippen MR) is 38.0 cm³/mol. The molecule has 0 unspecified atom stereocenters. The molecule has 60 valence electrons. The fourth-order valence-electron chi connectivity index (χ4n) is 0.472. The lowest BCUT2D eigenvalue weighted by atomic mass is 10.8. The maximum Gasteiger partial charge on any atom is 0.352 e. The first-order valence-electron chi connectivity index (χ1n) is 2.43. The smallest absolute Gasteiger partial charge is 0.245 e. The minimum Gasteiger partial charge on any atom is -0.245 e. The average Bonchev–Trinajstić information content (AvgIpc) is 1.86. The first kappa shape index (κ1) is 8.54. The van der Waals surface area contributed by atoms with E-state index in [-0.39, 0.29) is 4.60 Å². The zero-order valence-corrected chi connectivity index (χ0v) is 7.43. The SMILES string of the molecule is O=S(=O)(F)c1nccnc1Br. The van der Waals surface area contributed by atoms with Crippen LogP contribution in [0.25, 0.3) is 0 Å². The summed E-state index contributed by atoms with van der Waals surface area (Å²) in [6, 6.07) is 0. The van der Waals surface area contributed by atoms with Crippen molar-refractivity contribution in [3.8, 4) is 0 Å². The van der Waals surface area contributed by atoms with Gasteiger partial charge in [-0.15, -0.1) is 0 Å². The van der Waals surface area contributed by atoms with Crippen molar-refractivity contribution in [2.75, 3.05) is 0 Å². The lowest BCUT2D eigenvalue weighted by molar-refractivity contribution is 0.546. The Labute approximate surface area is 70.8 Å². The molecular weight excluding hydrogens is 239 g/mol. The van der Waals surface area contributed by atoms with E-state index in [1.165, 1.54) is 6.20 Å². The maximum absolute atomic E-state index is 12.2. The molecule has 0 atom stereocenters. The van der Waals surface area contributed by atoms with Gasteiger partial charge >= 0.3 is 10.2 Å². The summed E-state index contributed by atoms with van der Waals surface area (Å²) in [5.41, 5.74) is 0. The summed E-state index contributed by atoms with van der Waals surface area (Å²) < 4.78 is 32.6. The highest BCUT2D eigenvalue weighted by atomic mass is 79.9. The van der Waals surface area contributed by atoms with Crippen molar-refractivity contribution in [1.29, 1.82) is 0 Å². The van der Waals surface area contributed by atoms with Crippen LogP contribution in [0.15, 0.2) is 22.0 Å². The number of hydrogen-bond donors (Lipinski definition) is 0. The molecule has 0 radical (unpaired) electrons. The van der Waals surface area contributed by atoms with E-state index < -0.39 is 15.2 Å². The molecule has 0 amide bonds. The van der Waals surface area contributed by atoms with Gasteiger partial charge in [-0.2, -0.15) is 8.42 Å². The Morgan fingerprint density at radius 1 is 1.36 bits per heavy atom. The number of nitrogens with zero attached hydrogens (tertiary/aromatic N) is 2. The van der Waals surface area contributed by atoms with E-state index in [9.17, 15) is 12.3 Å². The van der Waals surface area contributed by atoms with Crippen molar-refractivity contribution in [1.82, 2.24) is 9.97 Å². The summed E-state index contributed by atoms with van der Waals surface area (Å²) in [5.74, 6) is 0. The van der Waals surface area contributed by atoms with Crippen LogP contribution >= 0.6 is 15.9 Å². The molecule has 0 saturated carbocycles. The third kappa shape index (κ3) is 1.93. The number of rotatable bonds is 1. The molecule has 1 aromatic heterocycles. The van der Waals surface area contributed by atoms with Crippen molar-refractivity contribution in [3.05, 3.63) is 17.0 Å². The number of hydrogen-bond acceptors (Lipinski definition) is 4. The van der Waals surface area contributed by atoms with Gasteiger partial charge in [-0.1, -0.05) is 3.89 Å². The van der Waals surface area contributed by atoms with Crippen LogP contribution in [0.1, 0.15) is 0 Å². The molecule has 4 nitrogen and oxygen atoms in total. The molecule has 0 aliphatic rings. The molecule has 0 aromatic carbocycles. The Hall–Kier alpha value is -0.560. The quantitative estimate of drug-likeness (QED) is 0.685. The fourth-order valence-corrected chi connectivity index (χ4v) is 1.71. The Bertz CT molecular complexity index is 366. The normalized spacial score (nSPS) is 11.5. The maximum atomic E-state index is 12.2. The molecule has 0 aliphatic heterocycles. The van der Waals surface area contributed by atoms with Gasteiger partial charge in [0.05, 0.1) is 0 Å². The summed E-state index contributed by atoms with van der Waals surface area (Å²) >= 11 is 2.74. The molecule has 0 spiro atoms. The summed E-state index contributed by atoms with van der Waals surface area (Å²) in [6.45, 7) is 0. The topological polar surface area (TPSA) is 59.9 Å². The molecule has 1 aromatic rings. The predicted octanol–water partition coefficient (Wildman–Crippen LogP) is 0.897. The standard InChI is InChI=1S/C4H2BrFN2O2S/c5-3-4(11(6,9)10)8-2-1-7-3/h1-2H. The summed E-state index contributed by atoms with van der Waals surface area (Å²) in [7, 11) is -4.75. The van der Waals surface area contributed by atoms with Gasteiger partial charge in [0.25, 0.3) is 0 Å². The van der Waals surface area contributed by atoms with Gasteiger partial charge in [-0.3, -0.25) is 0 Å². The van der Waals surface area contributed by atoms with Crippen molar-refractivity contribution in [2.45, 2.75) is 5.03 Å². The molecule has 0 aliphatic carbocycles. The Morgan fingerprint density at radius 3 is 2.27 bits per heavy atom. The van der Waals surface area contributed by atoms with Crippen molar-refractivity contribution >= 4 is 26.2 Å². The second kappa shape index (κ2) is 2.82.